The molecule has 1 aliphatic rings. The SMILES string of the molecule is C=NCC(C)Oc1ccc(/C(=C/C)N(/C=C\C)C(=C)C(=C)Nc2ccc(C(=C)CCC3CCC(CCC(CC)CCC)CC3)c(CC)c2)c(C)c1F. The Balaban J connectivity index is 1.64. The number of rotatable bonds is 22. The fourth-order valence-corrected chi connectivity index (χ4v) is 7.81. The van der Waals surface area contributed by atoms with Gasteiger partial charge in [-0.1, -0.05) is 117 Å². The fourth-order valence-electron chi connectivity index (χ4n) is 7.81. The Labute approximate surface area is 316 Å². The van der Waals surface area contributed by atoms with Crippen LogP contribution in [0, 0.1) is 30.5 Å². The molecule has 0 bridgehead atoms. The number of anilines is 1. The molecule has 4 nitrogen and oxygen atoms in total. The van der Waals surface area contributed by atoms with E-state index in [1.807, 2.05) is 50.1 Å². The molecule has 1 fully saturated rings. The molecule has 0 heterocycles. The smallest absolute Gasteiger partial charge is 0.168 e. The Morgan fingerprint density at radius 2 is 1.67 bits per heavy atom. The van der Waals surface area contributed by atoms with Gasteiger partial charge in [0.15, 0.2) is 11.6 Å². The second-order valence-corrected chi connectivity index (χ2v) is 14.9. The average molecular weight is 710 g/mol. The van der Waals surface area contributed by atoms with E-state index in [2.05, 4.69) is 75.7 Å². The largest absolute Gasteiger partial charge is 0.486 e. The predicted molar refractivity (Wildman–Crippen MR) is 225 cm³/mol. The molecule has 0 amide bonds. The molecule has 3 rings (SSSR count). The molecule has 2 aromatic rings. The molecule has 0 radical (unpaired) electrons. The highest BCUT2D eigenvalue weighted by molar-refractivity contribution is 5.72. The molecule has 0 spiro atoms. The minimum absolute atomic E-state index is 0.203. The first-order valence-corrected chi connectivity index (χ1v) is 19.9. The number of allylic oxidation sites excluding steroid dienone is 3. The van der Waals surface area contributed by atoms with Crippen molar-refractivity contribution >= 4 is 23.7 Å². The van der Waals surface area contributed by atoms with Gasteiger partial charge >= 0.3 is 0 Å². The lowest BCUT2D eigenvalue weighted by Gasteiger charge is -2.30. The summed E-state index contributed by atoms with van der Waals surface area (Å²) in [6.07, 6.45) is 21.2. The van der Waals surface area contributed by atoms with Gasteiger partial charge in [0.2, 0.25) is 0 Å². The van der Waals surface area contributed by atoms with Gasteiger partial charge in [-0.3, -0.25) is 4.99 Å². The van der Waals surface area contributed by atoms with Crippen LogP contribution in [-0.4, -0.2) is 24.3 Å². The van der Waals surface area contributed by atoms with E-state index in [1.54, 1.807) is 13.0 Å². The minimum Gasteiger partial charge on any atom is -0.486 e. The molecule has 284 valence electrons. The molecule has 2 atom stereocenters. The first kappa shape index (κ1) is 42.6. The summed E-state index contributed by atoms with van der Waals surface area (Å²) < 4.78 is 21.4. The molecule has 1 N–H and O–H groups in total. The van der Waals surface area contributed by atoms with Crippen molar-refractivity contribution in [2.75, 3.05) is 11.9 Å². The highest BCUT2D eigenvalue weighted by Crippen LogP contribution is 2.38. The standard InChI is InChI=1S/C47H68FN3O/c1-12-17-38(14-3)20-21-40-24-22-39(23-25-40)19-18-33(6)43-27-26-42(31-41(43)15-4)50-36(9)37(10)51(30-13-2)45(16-5)44-28-29-46(47(48)35(44)8)52-34(7)32-49-11/h13,16,26-31,34,38-40,50H,6,9-12,14-15,17-25,32H2,1-5,7-8H3/b30-13-,45-16-. The van der Waals surface area contributed by atoms with Crippen LogP contribution in [-0.2, 0) is 6.42 Å². The maximum absolute atomic E-state index is 15.6. The Morgan fingerprint density at radius 3 is 2.27 bits per heavy atom. The second-order valence-electron chi connectivity index (χ2n) is 14.9. The molecule has 52 heavy (non-hydrogen) atoms. The van der Waals surface area contributed by atoms with Gasteiger partial charge in [0.25, 0.3) is 0 Å². The molecule has 0 saturated heterocycles. The van der Waals surface area contributed by atoms with Crippen molar-refractivity contribution in [1.29, 1.82) is 0 Å². The predicted octanol–water partition coefficient (Wildman–Crippen LogP) is 13.7. The summed E-state index contributed by atoms with van der Waals surface area (Å²) in [7, 11) is 0. The third-order valence-corrected chi connectivity index (χ3v) is 11.1. The monoisotopic (exact) mass is 710 g/mol. The quantitative estimate of drug-likeness (QED) is 0.0977. The second kappa shape index (κ2) is 21.6. The topological polar surface area (TPSA) is 36.9 Å². The normalized spacial score (nSPS) is 17.4. The van der Waals surface area contributed by atoms with Crippen molar-refractivity contribution in [3.63, 3.8) is 0 Å². The summed E-state index contributed by atoms with van der Waals surface area (Å²) in [4.78, 5) is 5.81. The lowest BCUT2D eigenvalue weighted by Crippen LogP contribution is -2.20. The van der Waals surface area contributed by atoms with Gasteiger partial charge in [-0.05, 0) is 118 Å². The maximum Gasteiger partial charge on any atom is 0.168 e. The first-order chi connectivity index (χ1) is 25.0. The zero-order chi connectivity index (χ0) is 38.2. The van der Waals surface area contributed by atoms with E-state index >= 15 is 4.39 Å². The number of halogens is 1. The van der Waals surface area contributed by atoms with Crippen molar-refractivity contribution in [3.8, 4) is 5.75 Å². The van der Waals surface area contributed by atoms with Crippen molar-refractivity contribution in [2.45, 2.75) is 132 Å². The number of hydrogen-bond acceptors (Lipinski definition) is 4. The first-order valence-electron chi connectivity index (χ1n) is 19.9. The molecule has 0 aliphatic heterocycles. The van der Waals surface area contributed by atoms with E-state index in [-0.39, 0.29) is 11.9 Å². The van der Waals surface area contributed by atoms with Gasteiger partial charge in [-0.15, -0.1) is 0 Å². The molecule has 1 aliphatic carbocycles. The van der Waals surface area contributed by atoms with Crippen LogP contribution in [0.2, 0.25) is 0 Å². The number of benzene rings is 2. The fraction of sp³-hybridized carbons (Fsp3) is 0.511. The summed E-state index contributed by atoms with van der Waals surface area (Å²) in [6.45, 7) is 31.6. The van der Waals surface area contributed by atoms with Crippen LogP contribution >= 0.6 is 0 Å². The Kier molecular flexibility index (Phi) is 17.7. The number of ether oxygens (including phenoxy) is 1. The van der Waals surface area contributed by atoms with Crippen LogP contribution in [0.4, 0.5) is 10.1 Å². The summed E-state index contributed by atoms with van der Waals surface area (Å²) >= 11 is 0. The Bertz CT molecular complexity index is 1560. The Hall–Kier alpha value is -3.86. The average Bonchev–Trinajstić information content (AvgIpc) is 3.15. The maximum atomic E-state index is 15.6. The van der Waals surface area contributed by atoms with Gasteiger partial charge in [-0.25, -0.2) is 4.39 Å². The number of nitrogens with one attached hydrogen (secondary N) is 1. The highest BCUT2D eigenvalue weighted by Gasteiger charge is 2.23. The number of aliphatic imine (C=N–C) groups is 1. The number of nitrogens with zero attached hydrogens (tertiary/aromatic N) is 2. The lowest BCUT2D eigenvalue weighted by atomic mass is 9.76. The van der Waals surface area contributed by atoms with Crippen LogP contribution in [0.25, 0.3) is 11.3 Å². The van der Waals surface area contributed by atoms with E-state index in [0.29, 0.717) is 23.5 Å². The van der Waals surface area contributed by atoms with Crippen LogP contribution in [0.3, 0.4) is 0 Å². The van der Waals surface area contributed by atoms with Gasteiger partial charge < -0.3 is 15.0 Å². The zero-order valence-electron chi connectivity index (χ0n) is 33.6. The summed E-state index contributed by atoms with van der Waals surface area (Å²) in [6, 6.07) is 10.1. The van der Waals surface area contributed by atoms with Crippen LogP contribution in [0.5, 0.6) is 5.75 Å². The van der Waals surface area contributed by atoms with Gasteiger partial charge in [0, 0.05) is 23.1 Å². The van der Waals surface area contributed by atoms with Gasteiger partial charge in [-0.2, -0.15) is 0 Å². The van der Waals surface area contributed by atoms with E-state index < -0.39 is 5.82 Å². The van der Waals surface area contributed by atoms with Gasteiger partial charge in [0.1, 0.15) is 6.10 Å². The number of hydrogen-bond donors (Lipinski definition) is 1. The van der Waals surface area contributed by atoms with E-state index in [9.17, 15) is 0 Å². The highest BCUT2D eigenvalue weighted by atomic mass is 19.1. The van der Waals surface area contributed by atoms with E-state index in [1.165, 1.54) is 80.9 Å². The van der Waals surface area contributed by atoms with E-state index in [4.69, 9.17) is 4.74 Å². The van der Waals surface area contributed by atoms with Gasteiger partial charge in [0.05, 0.1) is 17.9 Å². The van der Waals surface area contributed by atoms with Crippen LogP contribution in [0.15, 0.2) is 84.8 Å². The zero-order valence-corrected chi connectivity index (χ0v) is 33.6. The summed E-state index contributed by atoms with van der Waals surface area (Å²) in [5.41, 5.74) is 8.07. The summed E-state index contributed by atoms with van der Waals surface area (Å²) in [5.74, 6) is 2.50. The molecule has 2 aromatic carbocycles. The molecule has 2 unspecified atom stereocenters. The third kappa shape index (κ3) is 11.8. The van der Waals surface area contributed by atoms with Crippen LogP contribution < -0.4 is 10.1 Å². The minimum atomic E-state index is -0.393. The van der Waals surface area contributed by atoms with E-state index in [0.717, 1.165) is 47.5 Å². The van der Waals surface area contributed by atoms with Crippen LogP contribution in [0.1, 0.15) is 134 Å². The Morgan fingerprint density at radius 1 is 1.00 bits per heavy atom. The molecule has 5 heteroatoms. The lowest BCUT2D eigenvalue weighted by molar-refractivity contribution is 0.220. The molecule has 1 saturated carbocycles. The molecular weight excluding hydrogens is 642 g/mol. The van der Waals surface area contributed by atoms with Crippen molar-refractivity contribution in [3.05, 3.63) is 108 Å². The summed E-state index contributed by atoms with van der Waals surface area (Å²) in [5, 5.41) is 3.50. The number of aryl methyl sites for hydroxylation is 1. The molecule has 0 aromatic heterocycles. The molecular formula is C47H68FN3O. The van der Waals surface area contributed by atoms with Crippen molar-refractivity contribution in [1.82, 2.24) is 4.90 Å². The van der Waals surface area contributed by atoms with Crippen molar-refractivity contribution < 1.29 is 9.13 Å². The third-order valence-electron chi connectivity index (χ3n) is 11.1. The van der Waals surface area contributed by atoms with Crippen molar-refractivity contribution in [2.24, 2.45) is 22.7 Å².